The van der Waals surface area contributed by atoms with Gasteiger partial charge in [-0.2, -0.15) is 0 Å². The SMILES string of the molecule is CCOc1ccc(F)cc1C(=O)C(C)CN1CCNCC1. The summed E-state index contributed by atoms with van der Waals surface area (Å²) in [7, 11) is 0. The topological polar surface area (TPSA) is 41.6 Å². The Kier molecular flexibility index (Phi) is 5.70. The minimum absolute atomic E-state index is 0.0588. The molecule has 0 spiro atoms. The van der Waals surface area contributed by atoms with Crippen molar-refractivity contribution in [2.75, 3.05) is 39.3 Å². The van der Waals surface area contributed by atoms with Crippen molar-refractivity contribution in [2.45, 2.75) is 13.8 Å². The van der Waals surface area contributed by atoms with Crippen molar-refractivity contribution in [3.8, 4) is 5.75 Å². The first-order valence-electron chi connectivity index (χ1n) is 7.51. The highest BCUT2D eigenvalue weighted by Gasteiger charge is 2.23. The van der Waals surface area contributed by atoms with Gasteiger partial charge in [-0.25, -0.2) is 4.39 Å². The number of hydrogen-bond donors (Lipinski definition) is 1. The fourth-order valence-corrected chi connectivity index (χ4v) is 2.61. The fraction of sp³-hybridized carbons (Fsp3) is 0.562. The third-order valence-electron chi connectivity index (χ3n) is 3.70. The number of hydrogen-bond acceptors (Lipinski definition) is 4. The second-order valence-electron chi connectivity index (χ2n) is 5.39. The number of Topliss-reactive ketones (excluding diaryl/α,β-unsaturated/α-hetero) is 1. The van der Waals surface area contributed by atoms with Crippen molar-refractivity contribution in [3.05, 3.63) is 29.6 Å². The molecule has 1 heterocycles. The van der Waals surface area contributed by atoms with Crippen LogP contribution in [-0.4, -0.2) is 50.0 Å². The quantitative estimate of drug-likeness (QED) is 0.814. The summed E-state index contributed by atoms with van der Waals surface area (Å²) < 4.78 is 18.9. The lowest BCUT2D eigenvalue weighted by molar-refractivity contribution is 0.0883. The lowest BCUT2D eigenvalue weighted by Crippen LogP contribution is -2.45. The predicted molar refractivity (Wildman–Crippen MR) is 80.4 cm³/mol. The maximum Gasteiger partial charge on any atom is 0.170 e. The third-order valence-corrected chi connectivity index (χ3v) is 3.70. The molecule has 0 radical (unpaired) electrons. The molecular formula is C16H23FN2O2. The lowest BCUT2D eigenvalue weighted by atomic mass is 9.97. The number of halogens is 1. The molecule has 5 heteroatoms. The summed E-state index contributed by atoms with van der Waals surface area (Å²) in [6.07, 6.45) is 0. The molecule has 1 aliphatic heterocycles. The molecule has 0 aliphatic carbocycles. The molecule has 1 saturated heterocycles. The first-order chi connectivity index (χ1) is 10.1. The zero-order valence-corrected chi connectivity index (χ0v) is 12.7. The Balaban J connectivity index is 2.08. The number of ketones is 1. The van der Waals surface area contributed by atoms with Crippen molar-refractivity contribution >= 4 is 5.78 Å². The summed E-state index contributed by atoms with van der Waals surface area (Å²) in [4.78, 5) is 14.8. The van der Waals surface area contributed by atoms with E-state index in [1.165, 1.54) is 18.2 Å². The maximum atomic E-state index is 13.4. The van der Waals surface area contributed by atoms with Gasteiger partial charge >= 0.3 is 0 Å². The first kappa shape index (κ1) is 15.9. The molecule has 1 fully saturated rings. The minimum Gasteiger partial charge on any atom is -0.493 e. The highest BCUT2D eigenvalue weighted by molar-refractivity contribution is 6.00. The molecule has 1 atom stereocenters. The van der Waals surface area contributed by atoms with Gasteiger partial charge in [0.1, 0.15) is 11.6 Å². The summed E-state index contributed by atoms with van der Waals surface area (Å²) in [5.41, 5.74) is 0.347. The number of piperazine rings is 1. The van der Waals surface area contributed by atoms with E-state index in [9.17, 15) is 9.18 Å². The molecule has 1 aliphatic rings. The zero-order valence-electron chi connectivity index (χ0n) is 12.7. The number of rotatable bonds is 6. The minimum atomic E-state index is -0.406. The molecule has 21 heavy (non-hydrogen) atoms. The van der Waals surface area contributed by atoms with E-state index in [2.05, 4.69) is 10.2 Å². The Hall–Kier alpha value is -1.46. The summed E-state index contributed by atoms with van der Waals surface area (Å²) in [6, 6.07) is 4.13. The molecule has 0 aromatic heterocycles. The Morgan fingerprint density at radius 1 is 1.43 bits per heavy atom. The second kappa shape index (κ2) is 7.52. The lowest BCUT2D eigenvalue weighted by Gasteiger charge is -2.29. The van der Waals surface area contributed by atoms with Crippen LogP contribution >= 0.6 is 0 Å². The average molecular weight is 294 g/mol. The van der Waals surface area contributed by atoms with Crippen LogP contribution in [0.5, 0.6) is 5.75 Å². The number of carbonyl (C=O) groups excluding carboxylic acids is 1. The highest BCUT2D eigenvalue weighted by atomic mass is 19.1. The van der Waals surface area contributed by atoms with Gasteiger partial charge in [0.2, 0.25) is 0 Å². The van der Waals surface area contributed by atoms with E-state index in [1.54, 1.807) is 0 Å². The van der Waals surface area contributed by atoms with Crippen molar-refractivity contribution in [3.63, 3.8) is 0 Å². The molecule has 4 nitrogen and oxygen atoms in total. The number of nitrogens with one attached hydrogen (secondary N) is 1. The molecule has 1 N–H and O–H groups in total. The normalized spacial score (nSPS) is 17.5. The molecule has 1 aromatic rings. The number of ether oxygens (including phenoxy) is 1. The number of carbonyl (C=O) groups is 1. The monoisotopic (exact) mass is 294 g/mol. The van der Waals surface area contributed by atoms with Gasteiger partial charge in [0, 0.05) is 38.6 Å². The largest absolute Gasteiger partial charge is 0.493 e. The number of benzene rings is 1. The van der Waals surface area contributed by atoms with Gasteiger partial charge in [-0.05, 0) is 25.1 Å². The van der Waals surface area contributed by atoms with Crippen molar-refractivity contribution < 1.29 is 13.9 Å². The van der Waals surface area contributed by atoms with Crippen LogP contribution in [0.3, 0.4) is 0 Å². The Morgan fingerprint density at radius 2 is 2.14 bits per heavy atom. The van der Waals surface area contributed by atoms with E-state index < -0.39 is 5.82 Å². The standard InChI is InChI=1S/C16H23FN2O2/c1-3-21-15-5-4-13(17)10-14(15)16(20)12(2)11-19-8-6-18-7-9-19/h4-5,10,12,18H,3,6-9,11H2,1-2H3. The van der Waals surface area contributed by atoms with Crippen LogP contribution in [0.25, 0.3) is 0 Å². The van der Waals surface area contributed by atoms with Crippen molar-refractivity contribution in [1.29, 1.82) is 0 Å². The zero-order chi connectivity index (χ0) is 15.2. The summed E-state index contributed by atoms with van der Waals surface area (Å²) >= 11 is 0. The molecule has 0 amide bonds. The van der Waals surface area contributed by atoms with E-state index in [0.29, 0.717) is 24.5 Å². The molecule has 0 bridgehead atoms. The van der Waals surface area contributed by atoms with E-state index in [-0.39, 0.29) is 11.7 Å². The Labute approximate surface area is 125 Å². The van der Waals surface area contributed by atoms with Gasteiger partial charge in [0.25, 0.3) is 0 Å². The van der Waals surface area contributed by atoms with Crippen LogP contribution < -0.4 is 10.1 Å². The number of nitrogens with zero attached hydrogens (tertiary/aromatic N) is 1. The molecule has 116 valence electrons. The van der Waals surface area contributed by atoms with E-state index in [0.717, 1.165) is 26.2 Å². The second-order valence-corrected chi connectivity index (χ2v) is 5.39. The van der Waals surface area contributed by atoms with Gasteiger partial charge < -0.3 is 15.0 Å². The molecular weight excluding hydrogens is 271 g/mol. The van der Waals surface area contributed by atoms with Crippen LogP contribution in [-0.2, 0) is 0 Å². The first-order valence-corrected chi connectivity index (χ1v) is 7.51. The van der Waals surface area contributed by atoms with Gasteiger partial charge in [0.05, 0.1) is 12.2 Å². The smallest absolute Gasteiger partial charge is 0.170 e. The highest BCUT2D eigenvalue weighted by Crippen LogP contribution is 2.23. The average Bonchev–Trinajstić information content (AvgIpc) is 2.49. The van der Waals surface area contributed by atoms with Gasteiger partial charge in [0.15, 0.2) is 5.78 Å². The summed E-state index contributed by atoms with van der Waals surface area (Å²) in [5, 5.41) is 3.29. The van der Waals surface area contributed by atoms with E-state index in [4.69, 9.17) is 4.74 Å². The van der Waals surface area contributed by atoms with Crippen molar-refractivity contribution in [2.24, 2.45) is 5.92 Å². The van der Waals surface area contributed by atoms with Crippen LogP contribution in [0.4, 0.5) is 4.39 Å². The van der Waals surface area contributed by atoms with Gasteiger partial charge in [-0.15, -0.1) is 0 Å². The van der Waals surface area contributed by atoms with Crippen LogP contribution in [0.15, 0.2) is 18.2 Å². The summed E-state index contributed by atoms with van der Waals surface area (Å²) in [6.45, 7) is 8.68. The molecule has 1 unspecified atom stereocenters. The third kappa shape index (κ3) is 4.25. The van der Waals surface area contributed by atoms with Crippen LogP contribution in [0, 0.1) is 11.7 Å². The molecule has 0 saturated carbocycles. The van der Waals surface area contributed by atoms with Crippen LogP contribution in [0.1, 0.15) is 24.2 Å². The predicted octanol–water partition coefficient (Wildman–Crippen LogP) is 1.95. The van der Waals surface area contributed by atoms with E-state index in [1.807, 2.05) is 13.8 Å². The van der Waals surface area contributed by atoms with Crippen LogP contribution in [0.2, 0.25) is 0 Å². The van der Waals surface area contributed by atoms with Gasteiger partial charge in [-0.3, -0.25) is 4.79 Å². The Morgan fingerprint density at radius 3 is 2.81 bits per heavy atom. The van der Waals surface area contributed by atoms with Gasteiger partial charge in [-0.1, -0.05) is 6.92 Å². The van der Waals surface area contributed by atoms with Crippen molar-refractivity contribution in [1.82, 2.24) is 10.2 Å². The summed E-state index contributed by atoms with van der Waals surface area (Å²) in [5.74, 6) is -0.173. The van der Waals surface area contributed by atoms with E-state index >= 15 is 0 Å². The maximum absolute atomic E-state index is 13.4. The molecule has 2 rings (SSSR count). The fourth-order valence-electron chi connectivity index (χ4n) is 2.61. The Bertz CT molecular complexity index is 487. The molecule has 1 aromatic carbocycles.